The minimum Gasteiger partial charge on any atom is -0.480 e. The van der Waals surface area contributed by atoms with Gasteiger partial charge in [-0.3, -0.25) is 4.72 Å². The summed E-state index contributed by atoms with van der Waals surface area (Å²) in [6.45, 7) is -0.623. The van der Waals surface area contributed by atoms with E-state index in [2.05, 4.69) is 4.72 Å². The van der Waals surface area contributed by atoms with E-state index in [0.29, 0.717) is 0 Å². The molecule has 0 spiro atoms. The largest absolute Gasteiger partial charge is 0.480 e. The van der Waals surface area contributed by atoms with E-state index in [0.717, 1.165) is 11.1 Å². The summed E-state index contributed by atoms with van der Waals surface area (Å²) in [6.07, 6.45) is 0. The zero-order valence-electron chi connectivity index (χ0n) is 14.8. The zero-order valence-corrected chi connectivity index (χ0v) is 17.1. The van der Waals surface area contributed by atoms with Crippen LogP contribution >= 0.6 is 23.2 Å². The lowest BCUT2D eigenvalue weighted by molar-refractivity contribution is -0.139. The molecule has 0 radical (unpaired) electrons. The highest BCUT2D eigenvalue weighted by Gasteiger charge is 2.19. The number of benzene rings is 3. The molecule has 0 saturated heterocycles. The number of carboxylic acids is 1. The molecule has 0 unspecified atom stereocenters. The van der Waals surface area contributed by atoms with Crippen LogP contribution in [-0.4, -0.2) is 26.1 Å². The number of carboxylic acid groups (broad SMARTS) is 1. The van der Waals surface area contributed by atoms with Crippen LogP contribution in [0, 0.1) is 0 Å². The minimum absolute atomic E-state index is 0.0729. The first kappa shape index (κ1) is 21.0. The molecule has 0 fully saturated rings. The lowest BCUT2D eigenvalue weighted by Crippen LogP contribution is -2.15. The Morgan fingerprint density at radius 3 is 2.21 bits per heavy atom. The molecule has 29 heavy (non-hydrogen) atoms. The van der Waals surface area contributed by atoms with E-state index < -0.39 is 22.6 Å². The fourth-order valence-electron chi connectivity index (χ4n) is 2.57. The van der Waals surface area contributed by atoms with Gasteiger partial charge in [-0.2, -0.15) is 0 Å². The van der Waals surface area contributed by atoms with Gasteiger partial charge >= 0.3 is 5.97 Å². The third kappa shape index (κ3) is 5.41. The molecule has 6 nitrogen and oxygen atoms in total. The maximum atomic E-state index is 12.8. The minimum atomic E-state index is -4.06. The van der Waals surface area contributed by atoms with Gasteiger partial charge in [0.2, 0.25) is 0 Å². The summed E-state index contributed by atoms with van der Waals surface area (Å²) in [5.74, 6) is -1.11. The highest BCUT2D eigenvalue weighted by atomic mass is 35.5. The van der Waals surface area contributed by atoms with Crippen LogP contribution in [0.25, 0.3) is 11.1 Å². The third-order valence-corrected chi connectivity index (χ3v) is 5.61. The van der Waals surface area contributed by atoms with Gasteiger partial charge in [-0.05, 0) is 41.5 Å². The molecule has 0 aromatic heterocycles. The van der Waals surface area contributed by atoms with E-state index in [-0.39, 0.29) is 26.4 Å². The Labute approximate surface area is 177 Å². The number of carbonyl (C=O) groups is 1. The topological polar surface area (TPSA) is 92.7 Å². The molecule has 0 bridgehead atoms. The number of nitrogens with one attached hydrogen (secondary N) is 1. The summed E-state index contributed by atoms with van der Waals surface area (Å²) >= 11 is 11.8. The number of sulfonamides is 1. The molecule has 0 aliphatic heterocycles. The van der Waals surface area contributed by atoms with Gasteiger partial charge in [0.25, 0.3) is 10.0 Å². The molecule has 2 N–H and O–H groups in total. The van der Waals surface area contributed by atoms with E-state index in [9.17, 15) is 13.2 Å². The maximum absolute atomic E-state index is 12.8. The fourth-order valence-corrected chi connectivity index (χ4v) is 4.36. The Hall–Kier alpha value is -2.74. The molecule has 0 aliphatic rings. The predicted molar refractivity (Wildman–Crippen MR) is 112 cm³/mol. The quantitative estimate of drug-likeness (QED) is 0.531. The summed E-state index contributed by atoms with van der Waals surface area (Å²) in [4.78, 5) is 10.7. The van der Waals surface area contributed by atoms with Gasteiger partial charge in [-0.25, -0.2) is 13.2 Å². The second kappa shape index (κ2) is 8.73. The van der Waals surface area contributed by atoms with Crippen molar-refractivity contribution in [2.75, 3.05) is 11.3 Å². The van der Waals surface area contributed by atoms with Crippen LogP contribution in [0.15, 0.2) is 71.6 Å². The second-order valence-corrected chi connectivity index (χ2v) is 8.53. The number of rotatable bonds is 7. The summed E-state index contributed by atoms with van der Waals surface area (Å²) < 4.78 is 33.4. The molecule has 3 aromatic rings. The van der Waals surface area contributed by atoms with Gasteiger partial charge in [0, 0.05) is 10.0 Å². The van der Waals surface area contributed by atoms with Gasteiger partial charge in [-0.15, -0.1) is 0 Å². The molecule has 0 atom stereocenters. The third-order valence-electron chi connectivity index (χ3n) is 3.83. The smallest absolute Gasteiger partial charge is 0.341 e. The number of ether oxygens (including phenoxy) is 1. The molecule has 9 heteroatoms. The summed E-state index contributed by atoms with van der Waals surface area (Å²) in [5, 5.41) is 9.21. The number of hydrogen-bond acceptors (Lipinski definition) is 4. The Morgan fingerprint density at radius 1 is 0.931 bits per heavy atom. The average Bonchev–Trinajstić information content (AvgIpc) is 2.66. The summed E-state index contributed by atoms with van der Waals surface area (Å²) in [5.41, 5.74) is 1.65. The van der Waals surface area contributed by atoms with Gasteiger partial charge in [0.05, 0.1) is 10.6 Å². The SMILES string of the molecule is O=C(O)COc1ccc(-c2ccccc2)cc1NS(=O)(=O)c1cc(Cl)cc(Cl)c1. The van der Waals surface area contributed by atoms with E-state index in [4.69, 9.17) is 33.0 Å². The molecular formula is C20H15Cl2NO5S. The van der Waals surface area contributed by atoms with Crippen molar-refractivity contribution in [2.45, 2.75) is 4.90 Å². The number of anilines is 1. The van der Waals surface area contributed by atoms with Crippen molar-refractivity contribution < 1.29 is 23.1 Å². The highest BCUT2D eigenvalue weighted by molar-refractivity contribution is 7.92. The van der Waals surface area contributed by atoms with Crippen molar-refractivity contribution >= 4 is 44.9 Å². The molecular weight excluding hydrogens is 437 g/mol. The van der Waals surface area contributed by atoms with Gasteiger partial charge in [-0.1, -0.05) is 59.6 Å². The van der Waals surface area contributed by atoms with Gasteiger partial charge < -0.3 is 9.84 Å². The number of halogens is 2. The summed E-state index contributed by atoms with van der Waals surface area (Å²) in [6, 6.07) is 18.0. The van der Waals surface area contributed by atoms with Crippen LogP contribution in [0.2, 0.25) is 10.0 Å². The van der Waals surface area contributed by atoms with Crippen molar-refractivity contribution in [3.63, 3.8) is 0 Å². The van der Waals surface area contributed by atoms with Gasteiger partial charge in [0.1, 0.15) is 5.75 Å². The average molecular weight is 452 g/mol. The maximum Gasteiger partial charge on any atom is 0.341 e. The van der Waals surface area contributed by atoms with E-state index in [1.807, 2.05) is 30.3 Å². The monoisotopic (exact) mass is 451 g/mol. The molecule has 0 amide bonds. The fraction of sp³-hybridized carbons (Fsp3) is 0.0500. The molecule has 3 rings (SSSR count). The lowest BCUT2D eigenvalue weighted by Gasteiger charge is -2.15. The summed E-state index contributed by atoms with van der Waals surface area (Å²) in [7, 11) is -4.06. The molecule has 0 aliphatic carbocycles. The first-order valence-electron chi connectivity index (χ1n) is 8.27. The predicted octanol–water partition coefficient (Wildman–Crippen LogP) is 4.92. The standard InChI is InChI=1S/C20H15Cl2NO5S/c21-15-9-16(22)11-17(10-15)29(26,27)23-18-8-14(13-4-2-1-3-5-13)6-7-19(18)28-12-20(24)25/h1-11,23H,12H2,(H,24,25). The van der Waals surface area contributed by atoms with Crippen LogP contribution in [0.1, 0.15) is 0 Å². The van der Waals surface area contributed by atoms with E-state index >= 15 is 0 Å². The number of aliphatic carboxylic acids is 1. The molecule has 150 valence electrons. The highest BCUT2D eigenvalue weighted by Crippen LogP contribution is 2.33. The second-order valence-electron chi connectivity index (χ2n) is 5.97. The van der Waals surface area contributed by atoms with Crippen LogP contribution in [0.4, 0.5) is 5.69 Å². The number of hydrogen-bond donors (Lipinski definition) is 2. The van der Waals surface area contributed by atoms with Crippen molar-refractivity contribution in [2.24, 2.45) is 0 Å². The first-order chi connectivity index (χ1) is 13.7. The van der Waals surface area contributed by atoms with Crippen LogP contribution in [0.3, 0.4) is 0 Å². The Morgan fingerprint density at radius 2 is 1.59 bits per heavy atom. The first-order valence-corrected chi connectivity index (χ1v) is 10.5. The zero-order chi connectivity index (χ0) is 21.0. The van der Waals surface area contributed by atoms with Crippen LogP contribution in [0.5, 0.6) is 5.75 Å². The molecule has 0 heterocycles. The molecule has 3 aromatic carbocycles. The normalized spacial score (nSPS) is 11.1. The van der Waals surface area contributed by atoms with E-state index in [1.54, 1.807) is 12.1 Å². The van der Waals surface area contributed by atoms with Crippen LogP contribution in [-0.2, 0) is 14.8 Å². The van der Waals surface area contributed by atoms with Crippen LogP contribution < -0.4 is 9.46 Å². The Balaban J connectivity index is 2.03. The van der Waals surface area contributed by atoms with E-state index in [1.165, 1.54) is 24.3 Å². The van der Waals surface area contributed by atoms with Crippen molar-refractivity contribution in [3.05, 3.63) is 76.8 Å². The van der Waals surface area contributed by atoms with Gasteiger partial charge in [0.15, 0.2) is 6.61 Å². The lowest BCUT2D eigenvalue weighted by atomic mass is 10.1. The van der Waals surface area contributed by atoms with Crippen molar-refractivity contribution in [1.82, 2.24) is 0 Å². The molecule has 0 saturated carbocycles. The Bertz CT molecular complexity index is 1130. The van der Waals surface area contributed by atoms with Crippen molar-refractivity contribution in [1.29, 1.82) is 0 Å². The Kier molecular flexibility index (Phi) is 6.32. The van der Waals surface area contributed by atoms with Crippen molar-refractivity contribution in [3.8, 4) is 16.9 Å².